The van der Waals surface area contributed by atoms with Crippen LogP contribution in [-0.4, -0.2) is 21.0 Å². The second-order valence-corrected chi connectivity index (χ2v) is 5.73. The molecule has 2 heterocycles. The van der Waals surface area contributed by atoms with Gasteiger partial charge in [-0.3, -0.25) is 9.78 Å². The number of aromatic nitrogens is 2. The van der Waals surface area contributed by atoms with Gasteiger partial charge in [-0.25, -0.2) is 4.98 Å². The van der Waals surface area contributed by atoms with Gasteiger partial charge in [0.2, 0.25) is 0 Å². The van der Waals surface area contributed by atoms with Crippen molar-refractivity contribution >= 4 is 17.3 Å². The van der Waals surface area contributed by atoms with Crippen molar-refractivity contribution in [3.8, 4) is 10.6 Å². The molecule has 1 saturated carbocycles. The van der Waals surface area contributed by atoms with Crippen molar-refractivity contribution in [1.29, 1.82) is 0 Å². The fourth-order valence-corrected chi connectivity index (χ4v) is 3.58. The van der Waals surface area contributed by atoms with Gasteiger partial charge in [-0.1, -0.05) is 12.8 Å². The minimum atomic E-state index is -0.767. The van der Waals surface area contributed by atoms with Crippen LogP contribution in [0, 0.1) is 0 Å². The van der Waals surface area contributed by atoms with E-state index in [1.54, 1.807) is 12.4 Å². The second-order valence-electron chi connectivity index (χ2n) is 4.87. The third kappa shape index (κ3) is 2.04. The van der Waals surface area contributed by atoms with Gasteiger partial charge in [-0.2, -0.15) is 0 Å². The highest BCUT2D eigenvalue weighted by Crippen LogP contribution is 2.42. The zero-order valence-corrected chi connectivity index (χ0v) is 11.2. The first kappa shape index (κ1) is 12.3. The summed E-state index contributed by atoms with van der Waals surface area (Å²) in [7, 11) is 0. The summed E-state index contributed by atoms with van der Waals surface area (Å²) in [6, 6.07) is 3.80. The van der Waals surface area contributed by atoms with E-state index in [2.05, 4.69) is 9.97 Å². The summed E-state index contributed by atoms with van der Waals surface area (Å²) in [5.41, 5.74) is 0.885. The van der Waals surface area contributed by atoms with Crippen LogP contribution in [0.1, 0.15) is 31.4 Å². The van der Waals surface area contributed by atoms with Crippen molar-refractivity contribution in [3.05, 3.63) is 35.6 Å². The number of hydrogen-bond donors (Lipinski definition) is 1. The predicted molar refractivity (Wildman–Crippen MR) is 73.1 cm³/mol. The van der Waals surface area contributed by atoms with Crippen molar-refractivity contribution in [2.24, 2.45) is 0 Å². The van der Waals surface area contributed by atoms with E-state index in [1.165, 1.54) is 11.3 Å². The molecule has 0 amide bonds. The maximum atomic E-state index is 11.6. The predicted octanol–water partition coefficient (Wildman–Crippen LogP) is 3.10. The third-order valence-corrected chi connectivity index (χ3v) is 4.66. The first-order valence-electron chi connectivity index (χ1n) is 6.32. The van der Waals surface area contributed by atoms with Crippen molar-refractivity contribution in [1.82, 2.24) is 9.97 Å². The molecule has 2 aromatic rings. The van der Waals surface area contributed by atoms with Gasteiger partial charge in [0.15, 0.2) is 0 Å². The van der Waals surface area contributed by atoms with E-state index in [9.17, 15) is 9.90 Å². The van der Waals surface area contributed by atoms with Gasteiger partial charge < -0.3 is 5.11 Å². The van der Waals surface area contributed by atoms with Crippen LogP contribution in [0.4, 0.5) is 0 Å². The molecule has 2 aromatic heterocycles. The van der Waals surface area contributed by atoms with E-state index < -0.39 is 11.4 Å². The molecule has 1 aliphatic rings. The maximum absolute atomic E-state index is 11.6. The minimum Gasteiger partial charge on any atom is -0.481 e. The largest absolute Gasteiger partial charge is 0.481 e. The summed E-state index contributed by atoms with van der Waals surface area (Å²) in [6.45, 7) is 0. The SMILES string of the molecule is O=C(O)C1(c2csc(-c3cccnc3)n2)CCCC1. The fraction of sp³-hybridized carbons (Fsp3) is 0.357. The number of thiazole rings is 1. The van der Waals surface area contributed by atoms with E-state index in [4.69, 9.17) is 0 Å². The van der Waals surface area contributed by atoms with E-state index in [-0.39, 0.29) is 0 Å². The van der Waals surface area contributed by atoms with Crippen LogP contribution in [0.3, 0.4) is 0 Å². The van der Waals surface area contributed by atoms with Crippen LogP contribution in [-0.2, 0) is 10.2 Å². The van der Waals surface area contributed by atoms with E-state index >= 15 is 0 Å². The average Bonchev–Trinajstić information content (AvgIpc) is 3.09. The number of aliphatic carboxylic acids is 1. The van der Waals surface area contributed by atoms with Gasteiger partial charge in [0.1, 0.15) is 10.4 Å². The van der Waals surface area contributed by atoms with Crippen molar-refractivity contribution in [3.63, 3.8) is 0 Å². The number of nitrogens with zero attached hydrogens (tertiary/aromatic N) is 2. The van der Waals surface area contributed by atoms with Gasteiger partial charge in [-0.05, 0) is 25.0 Å². The van der Waals surface area contributed by atoms with E-state index in [0.717, 1.165) is 23.4 Å². The number of carboxylic acids is 1. The van der Waals surface area contributed by atoms with Crippen molar-refractivity contribution in [2.45, 2.75) is 31.1 Å². The van der Waals surface area contributed by atoms with Crippen LogP contribution >= 0.6 is 11.3 Å². The summed E-state index contributed by atoms with van der Waals surface area (Å²) >= 11 is 1.49. The summed E-state index contributed by atoms with van der Waals surface area (Å²) < 4.78 is 0. The first-order chi connectivity index (χ1) is 9.22. The number of carboxylic acid groups (broad SMARTS) is 1. The fourth-order valence-electron chi connectivity index (χ4n) is 2.67. The van der Waals surface area contributed by atoms with Crippen molar-refractivity contribution in [2.75, 3.05) is 0 Å². The molecule has 1 aliphatic carbocycles. The molecular weight excluding hydrogens is 260 g/mol. The maximum Gasteiger partial charge on any atom is 0.315 e. The highest BCUT2D eigenvalue weighted by molar-refractivity contribution is 7.13. The highest BCUT2D eigenvalue weighted by Gasteiger charge is 2.44. The van der Waals surface area contributed by atoms with Gasteiger partial charge in [0, 0.05) is 23.3 Å². The van der Waals surface area contributed by atoms with Crippen LogP contribution in [0.2, 0.25) is 0 Å². The molecule has 0 radical (unpaired) electrons. The summed E-state index contributed by atoms with van der Waals surface area (Å²) in [5, 5.41) is 12.3. The molecule has 0 saturated heterocycles. The third-order valence-electron chi connectivity index (χ3n) is 3.77. The topological polar surface area (TPSA) is 63.1 Å². The van der Waals surface area contributed by atoms with Crippen molar-refractivity contribution < 1.29 is 9.90 Å². The van der Waals surface area contributed by atoms with E-state index in [1.807, 2.05) is 17.5 Å². The minimum absolute atomic E-state index is 0.693. The molecule has 5 heteroatoms. The summed E-state index contributed by atoms with van der Waals surface area (Å²) in [4.78, 5) is 20.2. The molecular formula is C14H14N2O2S. The van der Waals surface area contributed by atoms with E-state index in [0.29, 0.717) is 18.5 Å². The molecule has 3 rings (SSSR count). The Kier molecular flexibility index (Phi) is 3.06. The number of hydrogen-bond acceptors (Lipinski definition) is 4. The monoisotopic (exact) mass is 274 g/mol. The molecule has 0 aromatic carbocycles. The van der Waals surface area contributed by atoms with Crippen LogP contribution in [0.5, 0.6) is 0 Å². The Morgan fingerprint density at radius 3 is 2.79 bits per heavy atom. The molecule has 19 heavy (non-hydrogen) atoms. The Hall–Kier alpha value is -1.75. The molecule has 0 unspecified atom stereocenters. The summed E-state index contributed by atoms with van der Waals surface area (Å²) in [6.07, 6.45) is 6.79. The molecule has 0 atom stereocenters. The molecule has 1 N–H and O–H groups in total. The normalized spacial score (nSPS) is 17.5. The lowest BCUT2D eigenvalue weighted by atomic mass is 9.83. The zero-order chi connectivity index (χ0) is 13.3. The Balaban J connectivity index is 1.99. The molecule has 0 bridgehead atoms. The molecule has 98 valence electrons. The number of pyridine rings is 1. The Morgan fingerprint density at radius 1 is 1.37 bits per heavy atom. The lowest BCUT2D eigenvalue weighted by Crippen LogP contribution is -2.32. The van der Waals surface area contributed by atoms with Crippen LogP contribution in [0.25, 0.3) is 10.6 Å². The molecule has 1 fully saturated rings. The summed E-state index contributed by atoms with van der Waals surface area (Å²) in [5.74, 6) is -0.743. The van der Waals surface area contributed by atoms with Gasteiger partial charge in [-0.15, -0.1) is 11.3 Å². The Morgan fingerprint density at radius 2 is 2.16 bits per heavy atom. The lowest BCUT2D eigenvalue weighted by Gasteiger charge is -2.21. The van der Waals surface area contributed by atoms with Crippen LogP contribution < -0.4 is 0 Å². The second kappa shape index (κ2) is 4.74. The first-order valence-corrected chi connectivity index (χ1v) is 7.20. The average molecular weight is 274 g/mol. The quantitative estimate of drug-likeness (QED) is 0.934. The lowest BCUT2D eigenvalue weighted by molar-refractivity contribution is -0.143. The number of carbonyl (C=O) groups is 1. The van der Waals surface area contributed by atoms with Gasteiger partial charge >= 0.3 is 5.97 Å². The molecule has 4 nitrogen and oxygen atoms in total. The van der Waals surface area contributed by atoms with Gasteiger partial charge in [0.05, 0.1) is 5.69 Å². The van der Waals surface area contributed by atoms with Crippen LogP contribution in [0.15, 0.2) is 29.9 Å². The Bertz CT molecular complexity index is 589. The standard InChI is InChI=1S/C14H14N2O2S/c17-13(18)14(5-1-2-6-14)11-9-19-12(16-11)10-4-3-7-15-8-10/h3-4,7-9H,1-2,5-6H2,(H,17,18). The highest BCUT2D eigenvalue weighted by atomic mass is 32.1. The smallest absolute Gasteiger partial charge is 0.315 e. The number of rotatable bonds is 3. The Labute approximate surface area is 115 Å². The molecule has 0 aliphatic heterocycles. The van der Waals surface area contributed by atoms with Gasteiger partial charge in [0.25, 0.3) is 0 Å². The molecule has 0 spiro atoms. The zero-order valence-electron chi connectivity index (χ0n) is 10.4.